The molecule has 0 bridgehead atoms. The average Bonchev–Trinajstić information content (AvgIpc) is 2.60. The molecule has 0 fully saturated rings. The Morgan fingerprint density at radius 1 is 1.43 bits per heavy atom. The Labute approximate surface area is 86.1 Å². The molecule has 1 heterocycles. The van der Waals surface area contributed by atoms with Crippen LogP contribution in [0.2, 0.25) is 0 Å². The highest BCUT2D eigenvalue weighted by Crippen LogP contribution is 2.29. The van der Waals surface area contributed by atoms with Gasteiger partial charge < -0.3 is 0 Å². The van der Waals surface area contributed by atoms with Gasteiger partial charge in [0.2, 0.25) is 0 Å². The fourth-order valence-corrected chi connectivity index (χ4v) is 2.58. The predicted molar refractivity (Wildman–Crippen MR) is 58.4 cm³/mol. The fourth-order valence-electron chi connectivity index (χ4n) is 2.58. The van der Waals surface area contributed by atoms with E-state index in [1.807, 2.05) is 0 Å². The number of nitrogens with zero attached hydrogens (tertiary/aromatic N) is 1. The lowest BCUT2D eigenvalue weighted by molar-refractivity contribution is 0.419. The Balaban J connectivity index is 2.14. The van der Waals surface area contributed by atoms with E-state index < -0.39 is 0 Å². The summed E-state index contributed by atoms with van der Waals surface area (Å²) in [6, 6.07) is 0. The molecule has 78 valence electrons. The maximum atomic E-state index is 4.39. The standard InChI is InChI=1S/C12H20N2/c1-3-5-9-6-7-12-10(8-9)11(4-2)13-14-12/h9H,3-8H2,1-2H3,(H,13,14). The molecule has 1 aromatic rings. The maximum absolute atomic E-state index is 4.39. The summed E-state index contributed by atoms with van der Waals surface area (Å²) in [5.74, 6) is 0.912. The summed E-state index contributed by atoms with van der Waals surface area (Å²) >= 11 is 0. The van der Waals surface area contributed by atoms with Gasteiger partial charge in [-0.2, -0.15) is 5.10 Å². The number of H-pyrrole nitrogens is 1. The highest BCUT2D eigenvalue weighted by molar-refractivity contribution is 5.28. The Hall–Kier alpha value is -0.790. The predicted octanol–water partition coefficient (Wildman–Crippen LogP) is 2.88. The Kier molecular flexibility index (Phi) is 2.90. The normalized spacial score (nSPS) is 20.9. The van der Waals surface area contributed by atoms with Gasteiger partial charge in [0, 0.05) is 5.69 Å². The quantitative estimate of drug-likeness (QED) is 0.783. The van der Waals surface area contributed by atoms with Crippen LogP contribution >= 0.6 is 0 Å². The third kappa shape index (κ3) is 1.70. The molecule has 0 aliphatic heterocycles. The summed E-state index contributed by atoms with van der Waals surface area (Å²) < 4.78 is 0. The molecular weight excluding hydrogens is 172 g/mol. The molecule has 1 aliphatic carbocycles. The molecule has 0 aromatic carbocycles. The minimum Gasteiger partial charge on any atom is -0.282 e. The van der Waals surface area contributed by atoms with Crippen LogP contribution in [0, 0.1) is 5.92 Å². The van der Waals surface area contributed by atoms with E-state index in [9.17, 15) is 0 Å². The first-order valence-electron chi connectivity index (χ1n) is 5.90. The van der Waals surface area contributed by atoms with E-state index >= 15 is 0 Å². The van der Waals surface area contributed by atoms with Gasteiger partial charge in [0.25, 0.3) is 0 Å². The minimum atomic E-state index is 0.912. The Morgan fingerprint density at radius 3 is 3.00 bits per heavy atom. The van der Waals surface area contributed by atoms with Crippen LogP contribution in [0.15, 0.2) is 0 Å². The van der Waals surface area contributed by atoms with Crippen LogP contribution in [-0.4, -0.2) is 10.2 Å². The van der Waals surface area contributed by atoms with Crippen LogP contribution in [0.25, 0.3) is 0 Å². The smallest absolute Gasteiger partial charge is 0.0654 e. The number of hydrogen-bond acceptors (Lipinski definition) is 1. The zero-order valence-corrected chi connectivity index (χ0v) is 9.27. The van der Waals surface area contributed by atoms with Crippen molar-refractivity contribution in [3.8, 4) is 0 Å². The molecule has 14 heavy (non-hydrogen) atoms. The summed E-state index contributed by atoms with van der Waals surface area (Å²) in [5, 5.41) is 7.58. The number of nitrogens with one attached hydrogen (secondary N) is 1. The van der Waals surface area contributed by atoms with Crippen molar-refractivity contribution in [2.24, 2.45) is 5.92 Å². The Morgan fingerprint density at radius 2 is 2.29 bits per heavy atom. The van der Waals surface area contributed by atoms with Gasteiger partial charge in [-0.05, 0) is 37.2 Å². The molecule has 1 aliphatic rings. The van der Waals surface area contributed by atoms with E-state index in [-0.39, 0.29) is 0 Å². The van der Waals surface area contributed by atoms with Crippen LogP contribution < -0.4 is 0 Å². The van der Waals surface area contributed by atoms with Crippen LogP contribution in [0.4, 0.5) is 0 Å². The number of rotatable bonds is 3. The van der Waals surface area contributed by atoms with Gasteiger partial charge in [0.15, 0.2) is 0 Å². The second-order valence-electron chi connectivity index (χ2n) is 4.38. The lowest BCUT2D eigenvalue weighted by atomic mass is 9.83. The van der Waals surface area contributed by atoms with E-state index in [0.29, 0.717) is 0 Å². The van der Waals surface area contributed by atoms with Gasteiger partial charge in [-0.1, -0.05) is 26.7 Å². The minimum absolute atomic E-state index is 0.912. The summed E-state index contributed by atoms with van der Waals surface area (Å²) in [7, 11) is 0. The van der Waals surface area contributed by atoms with Crippen molar-refractivity contribution < 1.29 is 0 Å². The van der Waals surface area contributed by atoms with E-state index in [4.69, 9.17) is 0 Å². The molecule has 2 heteroatoms. The van der Waals surface area contributed by atoms with E-state index in [1.165, 1.54) is 49.1 Å². The topological polar surface area (TPSA) is 28.7 Å². The van der Waals surface area contributed by atoms with Crippen molar-refractivity contribution in [2.45, 2.75) is 52.4 Å². The molecule has 0 saturated heterocycles. The van der Waals surface area contributed by atoms with Crippen LogP contribution in [0.3, 0.4) is 0 Å². The molecule has 1 aromatic heterocycles. The van der Waals surface area contributed by atoms with Crippen molar-refractivity contribution in [1.82, 2.24) is 10.2 Å². The van der Waals surface area contributed by atoms with Crippen LogP contribution in [0.1, 0.15) is 50.1 Å². The molecule has 1 unspecified atom stereocenters. The van der Waals surface area contributed by atoms with Gasteiger partial charge in [0.05, 0.1) is 5.69 Å². The van der Waals surface area contributed by atoms with Gasteiger partial charge in [0.1, 0.15) is 0 Å². The van der Waals surface area contributed by atoms with Crippen molar-refractivity contribution in [1.29, 1.82) is 0 Å². The Bertz CT molecular complexity index is 288. The monoisotopic (exact) mass is 192 g/mol. The molecule has 0 radical (unpaired) electrons. The maximum Gasteiger partial charge on any atom is 0.0654 e. The van der Waals surface area contributed by atoms with E-state index in [0.717, 1.165) is 12.3 Å². The number of aromatic nitrogens is 2. The first-order valence-corrected chi connectivity index (χ1v) is 5.90. The number of aryl methyl sites for hydroxylation is 2. The van der Waals surface area contributed by atoms with Crippen molar-refractivity contribution in [2.75, 3.05) is 0 Å². The highest BCUT2D eigenvalue weighted by Gasteiger charge is 2.22. The number of hydrogen-bond donors (Lipinski definition) is 1. The molecule has 2 nitrogen and oxygen atoms in total. The van der Waals surface area contributed by atoms with Crippen LogP contribution in [0.5, 0.6) is 0 Å². The van der Waals surface area contributed by atoms with Gasteiger partial charge in [-0.15, -0.1) is 0 Å². The lowest BCUT2D eigenvalue weighted by Gasteiger charge is -2.21. The van der Waals surface area contributed by atoms with Crippen molar-refractivity contribution >= 4 is 0 Å². The molecule has 2 rings (SSSR count). The third-order valence-electron chi connectivity index (χ3n) is 3.37. The first kappa shape index (κ1) is 9.75. The zero-order chi connectivity index (χ0) is 9.97. The second-order valence-corrected chi connectivity index (χ2v) is 4.38. The largest absolute Gasteiger partial charge is 0.282 e. The summed E-state index contributed by atoms with van der Waals surface area (Å²) in [5.41, 5.74) is 4.26. The molecule has 0 spiro atoms. The van der Waals surface area contributed by atoms with E-state index in [1.54, 1.807) is 0 Å². The first-order chi connectivity index (χ1) is 6.85. The van der Waals surface area contributed by atoms with Gasteiger partial charge >= 0.3 is 0 Å². The average molecular weight is 192 g/mol. The highest BCUT2D eigenvalue weighted by atomic mass is 15.1. The van der Waals surface area contributed by atoms with Gasteiger partial charge in [-0.3, -0.25) is 5.10 Å². The SMILES string of the molecule is CCCC1CCc2[nH]nc(CC)c2C1. The summed E-state index contributed by atoms with van der Waals surface area (Å²) in [6.45, 7) is 4.48. The number of fused-ring (bicyclic) bond motifs is 1. The molecule has 1 atom stereocenters. The number of aromatic amines is 1. The summed E-state index contributed by atoms with van der Waals surface area (Å²) in [4.78, 5) is 0. The molecular formula is C12H20N2. The van der Waals surface area contributed by atoms with Crippen LogP contribution in [-0.2, 0) is 19.3 Å². The van der Waals surface area contributed by atoms with Crippen molar-refractivity contribution in [3.63, 3.8) is 0 Å². The molecule has 0 amide bonds. The zero-order valence-electron chi connectivity index (χ0n) is 9.27. The van der Waals surface area contributed by atoms with E-state index in [2.05, 4.69) is 24.0 Å². The van der Waals surface area contributed by atoms with Gasteiger partial charge in [-0.25, -0.2) is 0 Å². The van der Waals surface area contributed by atoms with Crippen molar-refractivity contribution in [3.05, 3.63) is 17.0 Å². The fraction of sp³-hybridized carbons (Fsp3) is 0.750. The summed E-state index contributed by atoms with van der Waals surface area (Å²) in [6.07, 6.45) is 7.61. The molecule has 0 saturated carbocycles. The second kappa shape index (κ2) is 4.16. The third-order valence-corrected chi connectivity index (χ3v) is 3.37. The lowest BCUT2D eigenvalue weighted by Crippen LogP contribution is -2.14. The molecule has 1 N–H and O–H groups in total.